The van der Waals surface area contributed by atoms with Crippen molar-refractivity contribution in [2.75, 3.05) is 9.80 Å². The topological polar surface area (TPSA) is 101 Å². The molecule has 2 aliphatic heterocycles. The van der Waals surface area contributed by atoms with E-state index in [0.29, 0.717) is 22.7 Å². The molecule has 2 unspecified atom stereocenters. The van der Waals surface area contributed by atoms with Gasteiger partial charge in [-0.15, -0.1) is 0 Å². The van der Waals surface area contributed by atoms with E-state index < -0.39 is 64.6 Å². The minimum Gasteiger partial charge on any atom is -0.423 e. The lowest BCUT2D eigenvalue weighted by atomic mass is 9.43. The highest BCUT2D eigenvalue weighted by Crippen LogP contribution is 2.68. The summed E-state index contributed by atoms with van der Waals surface area (Å²) in [6, 6.07) is 22.7. The van der Waals surface area contributed by atoms with Crippen molar-refractivity contribution in [2.45, 2.75) is 27.7 Å². The first kappa shape index (κ1) is 27.0. The van der Waals surface area contributed by atoms with Gasteiger partial charge in [0.2, 0.25) is 23.6 Å². The number of para-hydroxylation sites is 1. The predicted molar refractivity (Wildman–Crippen MR) is 158 cm³/mol. The summed E-state index contributed by atoms with van der Waals surface area (Å²) in [7, 11) is 0. The van der Waals surface area contributed by atoms with Crippen LogP contribution in [0.15, 0.2) is 90.0 Å². The summed E-state index contributed by atoms with van der Waals surface area (Å²) in [5.74, 6) is -6.83. The zero-order chi connectivity index (χ0) is 30.4. The molecule has 0 N–H and O–H groups in total. The van der Waals surface area contributed by atoms with Gasteiger partial charge in [0.05, 0.1) is 35.0 Å². The molecule has 6 atom stereocenters. The van der Waals surface area contributed by atoms with Crippen LogP contribution in [0, 0.1) is 48.9 Å². The Morgan fingerprint density at radius 3 is 1.51 bits per heavy atom. The molecule has 43 heavy (non-hydrogen) atoms. The molecule has 4 amide bonds. The van der Waals surface area contributed by atoms with Crippen molar-refractivity contribution < 1.29 is 28.7 Å². The summed E-state index contributed by atoms with van der Waals surface area (Å²) in [6.07, 6.45) is 0. The molecule has 3 fully saturated rings. The second-order valence-electron chi connectivity index (χ2n) is 12.3. The predicted octanol–water partition coefficient (Wildman–Crippen LogP) is 4.79. The molecule has 8 heteroatoms. The fourth-order valence-electron chi connectivity index (χ4n) is 8.15. The molecule has 5 aliphatic rings. The number of esters is 1. The smallest absolute Gasteiger partial charge is 0.339 e. The van der Waals surface area contributed by atoms with E-state index in [2.05, 4.69) is 0 Å². The van der Waals surface area contributed by atoms with Crippen LogP contribution in [0.5, 0.6) is 5.75 Å². The number of nitrogens with zero attached hydrogens (tertiary/aromatic N) is 2. The summed E-state index contributed by atoms with van der Waals surface area (Å²) in [6.45, 7) is 7.25. The number of benzene rings is 3. The third-order valence-electron chi connectivity index (χ3n) is 9.94. The largest absolute Gasteiger partial charge is 0.423 e. The fraction of sp³-hybridized carbons (Fsp3) is 0.286. The first-order valence-corrected chi connectivity index (χ1v) is 14.4. The summed E-state index contributed by atoms with van der Waals surface area (Å²) < 4.78 is 5.80. The highest BCUT2D eigenvalue weighted by atomic mass is 16.5. The second kappa shape index (κ2) is 9.33. The Morgan fingerprint density at radius 1 is 0.628 bits per heavy atom. The van der Waals surface area contributed by atoms with Crippen molar-refractivity contribution >= 4 is 41.0 Å². The van der Waals surface area contributed by atoms with Crippen LogP contribution in [0.3, 0.4) is 0 Å². The lowest BCUT2D eigenvalue weighted by Crippen LogP contribution is -2.61. The number of hydrogen-bond donors (Lipinski definition) is 0. The van der Waals surface area contributed by atoms with Gasteiger partial charge < -0.3 is 4.74 Å². The number of ether oxygens (including phenoxy) is 1. The van der Waals surface area contributed by atoms with Gasteiger partial charge in [0.1, 0.15) is 5.75 Å². The van der Waals surface area contributed by atoms with Gasteiger partial charge in [-0.1, -0.05) is 66.1 Å². The van der Waals surface area contributed by atoms with Crippen molar-refractivity contribution in [3.05, 3.63) is 101 Å². The van der Waals surface area contributed by atoms with Crippen LogP contribution in [0.25, 0.3) is 0 Å². The van der Waals surface area contributed by atoms with Gasteiger partial charge >= 0.3 is 5.97 Å². The third kappa shape index (κ3) is 3.59. The van der Waals surface area contributed by atoms with Gasteiger partial charge in [-0.05, 0) is 57.2 Å². The Balaban J connectivity index is 1.40. The average Bonchev–Trinajstić information content (AvgIpc) is 3.41. The van der Waals surface area contributed by atoms with Crippen molar-refractivity contribution in [2.24, 2.45) is 35.0 Å². The quantitative estimate of drug-likeness (QED) is 0.252. The molecule has 2 bridgehead atoms. The third-order valence-corrected chi connectivity index (χ3v) is 9.94. The molecule has 216 valence electrons. The van der Waals surface area contributed by atoms with Crippen molar-refractivity contribution in [3.63, 3.8) is 0 Å². The zero-order valence-electron chi connectivity index (χ0n) is 24.2. The minimum absolute atomic E-state index is 0.197. The van der Waals surface area contributed by atoms with E-state index >= 15 is 0 Å². The Bertz CT molecular complexity index is 1670. The molecule has 0 spiro atoms. The number of carbonyl (C=O) groups is 5. The summed E-state index contributed by atoms with van der Waals surface area (Å²) >= 11 is 0. The van der Waals surface area contributed by atoms with Crippen molar-refractivity contribution in [1.29, 1.82) is 0 Å². The van der Waals surface area contributed by atoms with Crippen LogP contribution >= 0.6 is 0 Å². The minimum atomic E-state index is -1.47. The van der Waals surface area contributed by atoms with E-state index in [1.54, 1.807) is 68.4 Å². The number of anilines is 2. The number of rotatable bonds is 4. The maximum Gasteiger partial charge on any atom is 0.339 e. The van der Waals surface area contributed by atoms with Gasteiger partial charge in [-0.3, -0.25) is 29.0 Å². The molecule has 0 radical (unpaired) electrons. The van der Waals surface area contributed by atoms with Gasteiger partial charge in [0.15, 0.2) is 0 Å². The van der Waals surface area contributed by atoms with Crippen LogP contribution in [0.2, 0.25) is 0 Å². The standard InChI is InChI=1S/C35H30N2O6/c1-18-10-14-21(15-11-18)36-30(38)25-24-20(3)27(34(42)43-23-8-6-5-7-9-23)35(4,28(25)32(36)40)29-26(24)31(39)37(33(29)41)22-16-12-19(2)13-17-22/h5-17,24-26,28-29H,1-4H3/t24?,25-,26+,28+,29-,35?. The molecule has 3 aromatic rings. The van der Waals surface area contributed by atoms with Gasteiger partial charge in [-0.25, -0.2) is 4.79 Å². The van der Waals surface area contributed by atoms with Crippen molar-refractivity contribution in [1.82, 2.24) is 0 Å². The van der Waals surface area contributed by atoms with Gasteiger partial charge in [0, 0.05) is 16.9 Å². The van der Waals surface area contributed by atoms with E-state index in [9.17, 15) is 24.0 Å². The van der Waals surface area contributed by atoms with E-state index in [1.165, 1.54) is 9.80 Å². The van der Waals surface area contributed by atoms with Crippen LogP contribution in [-0.2, 0) is 24.0 Å². The Labute approximate surface area is 248 Å². The Kier molecular flexibility index (Phi) is 5.86. The van der Waals surface area contributed by atoms with Gasteiger partial charge in [0.25, 0.3) is 0 Å². The molecule has 1 saturated carbocycles. The number of imide groups is 2. The Hall–Kier alpha value is -4.85. The lowest BCUT2D eigenvalue weighted by Gasteiger charge is -2.55. The SMILES string of the molecule is CC1=C(C(=O)Oc2ccccc2)C2(C)[C@@H]3C(=O)N(c4ccc(C)cc4)C(=O)[C@@H]3C1[C@@H]1C(=O)N(c3ccc(C)cc3)C(=O)[C@@H]12. The molecule has 3 aliphatic carbocycles. The fourth-order valence-corrected chi connectivity index (χ4v) is 8.15. The lowest BCUT2D eigenvalue weighted by molar-refractivity contribution is -0.152. The molecule has 2 saturated heterocycles. The maximum atomic E-state index is 14.4. The zero-order valence-corrected chi connectivity index (χ0v) is 24.2. The van der Waals surface area contributed by atoms with Crippen LogP contribution in [-0.4, -0.2) is 29.6 Å². The molecule has 0 aromatic heterocycles. The number of amides is 4. The molecule has 3 aromatic carbocycles. The van der Waals surface area contributed by atoms with Gasteiger partial charge in [-0.2, -0.15) is 0 Å². The van der Waals surface area contributed by atoms with E-state index in [0.717, 1.165) is 11.1 Å². The van der Waals surface area contributed by atoms with Crippen LogP contribution in [0.1, 0.15) is 25.0 Å². The summed E-state index contributed by atoms with van der Waals surface area (Å²) in [5, 5.41) is 0. The Morgan fingerprint density at radius 2 is 1.07 bits per heavy atom. The molecular formula is C35H30N2O6. The summed E-state index contributed by atoms with van der Waals surface area (Å²) in [4.78, 5) is 73.5. The maximum absolute atomic E-state index is 14.4. The molecule has 8 nitrogen and oxygen atoms in total. The number of allylic oxidation sites excluding steroid dienone is 1. The second-order valence-corrected chi connectivity index (χ2v) is 12.3. The number of carbonyl (C=O) groups excluding carboxylic acids is 5. The average molecular weight is 575 g/mol. The van der Waals surface area contributed by atoms with Crippen molar-refractivity contribution in [3.8, 4) is 5.75 Å². The number of hydrogen-bond acceptors (Lipinski definition) is 6. The first-order chi connectivity index (χ1) is 20.6. The first-order valence-electron chi connectivity index (χ1n) is 14.4. The van der Waals surface area contributed by atoms with Crippen LogP contribution in [0.4, 0.5) is 11.4 Å². The van der Waals surface area contributed by atoms with E-state index in [4.69, 9.17) is 4.74 Å². The summed E-state index contributed by atoms with van der Waals surface area (Å²) in [5.41, 5.74) is 2.03. The molecule has 2 heterocycles. The monoisotopic (exact) mass is 574 g/mol. The van der Waals surface area contributed by atoms with E-state index in [-0.39, 0.29) is 5.57 Å². The highest BCUT2D eigenvalue weighted by molar-refractivity contribution is 6.27. The highest BCUT2D eigenvalue weighted by Gasteiger charge is 2.77. The van der Waals surface area contributed by atoms with E-state index in [1.807, 2.05) is 38.1 Å². The van der Waals surface area contributed by atoms with Crippen LogP contribution < -0.4 is 14.5 Å². The molecule has 8 rings (SSSR count). The normalized spacial score (nSPS) is 29.3. The number of aryl methyl sites for hydroxylation is 2. The molecular weight excluding hydrogens is 544 g/mol.